The zero-order valence-corrected chi connectivity index (χ0v) is 68.6. The van der Waals surface area contributed by atoms with Gasteiger partial charge in [0, 0.05) is 71.9 Å². The van der Waals surface area contributed by atoms with Crippen LogP contribution < -0.4 is 51.5 Å². The van der Waals surface area contributed by atoms with Crippen molar-refractivity contribution in [1.82, 2.24) is 9.97 Å². The van der Waals surface area contributed by atoms with Crippen LogP contribution >= 0.6 is 16.3 Å². The van der Waals surface area contributed by atoms with Crippen molar-refractivity contribution >= 4 is 108 Å². The number of ether oxygens (including phenoxy) is 8. The Kier molecular flexibility index (Phi) is 29.8. The van der Waals surface area contributed by atoms with Gasteiger partial charge < -0.3 is 68.2 Å². The van der Waals surface area contributed by atoms with Crippen LogP contribution in [-0.4, -0.2) is 137 Å². The van der Waals surface area contributed by atoms with Crippen molar-refractivity contribution in [3.05, 3.63) is 324 Å². The van der Waals surface area contributed by atoms with Crippen LogP contribution in [-0.2, 0) is 37.9 Å². The number of anilines is 4. The van der Waals surface area contributed by atoms with Crippen LogP contribution in [0, 0.1) is 0 Å². The molecule has 610 valence electrons. The molecule has 0 saturated heterocycles. The van der Waals surface area contributed by atoms with Crippen molar-refractivity contribution in [3.8, 4) is 44.9 Å². The Morgan fingerprint density at radius 2 is 0.500 bits per heavy atom. The highest BCUT2D eigenvalue weighted by Gasteiger charge is 2.32. The number of amides is 4. The maximum absolute atomic E-state index is 15.4. The second kappa shape index (κ2) is 41.6. The molecule has 0 bridgehead atoms. The molecule has 4 amide bonds. The van der Waals surface area contributed by atoms with E-state index < -0.39 is 88.2 Å². The van der Waals surface area contributed by atoms with Gasteiger partial charge in [0.15, 0.2) is 16.3 Å². The Hall–Kier alpha value is -13.4. The van der Waals surface area contributed by atoms with Crippen molar-refractivity contribution in [2.75, 3.05) is 76.1 Å². The number of aromatic nitrogens is 2. The van der Waals surface area contributed by atoms with E-state index in [1.165, 1.54) is 101 Å². The molecule has 4 N–H and O–H groups in total. The predicted molar refractivity (Wildman–Crippen MR) is 462 cm³/mol. The molecule has 0 fully saturated rings. The molecule has 0 aliphatic rings. The van der Waals surface area contributed by atoms with Gasteiger partial charge >= 0.3 is 23.9 Å². The summed E-state index contributed by atoms with van der Waals surface area (Å²) in [5, 5.41) is 14.5. The van der Waals surface area contributed by atoms with Gasteiger partial charge in [-0.1, -0.05) is 206 Å². The number of hydrogen-bond acceptors (Lipinski definition) is 20. The number of esters is 4. The van der Waals surface area contributed by atoms with E-state index in [0.717, 1.165) is 21.2 Å². The molecular weight excluding hydrogens is 1560 g/mol. The normalized spacial score (nSPS) is 12.1. The van der Waals surface area contributed by atoms with Crippen LogP contribution in [0.5, 0.6) is 11.5 Å². The molecule has 26 heteroatoms. The molecule has 0 saturated carbocycles. The fourth-order valence-electron chi connectivity index (χ4n) is 12.8. The van der Waals surface area contributed by atoms with Gasteiger partial charge in [0.1, 0.15) is 58.7 Å². The third-order valence-corrected chi connectivity index (χ3v) is 22.1. The molecule has 0 aliphatic carbocycles. The predicted octanol–water partition coefficient (Wildman–Crippen LogP) is 16.1. The average Bonchev–Trinajstić information content (AvgIpc) is 0.755. The zero-order valence-electron chi connectivity index (χ0n) is 66.8. The number of nitrogens with one attached hydrogen (secondary N) is 4. The van der Waals surface area contributed by atoms with E-state index in [0.29, 0.717) is 22.3 Å². The first-order valence-electron chi connectivity index (χ1n) is 38.2. The molecule has 2 aromatic heterocycles. The molecule has 0 aliphatic heterocycles. The first kappa shape index (κ1) is 85.9. The number of pyridine rings is 2. The minimum Gasteiger partial charge on any atom is -0.463 e. The van der Waals surface area contributed by atoms with Crippen molar-refractivity contribution in [2.24, 2.45) is 0 Å². The molecule has 10 aromatic carbocycles. The van der Waals surface area contributed by atoms with Crippen molar-refractivity contribution in [1.29, 1.82) is 0 Å². The Balaban J connectivity index is 1.11. The van der Waals surface area contributed by atoms with Gasteiger partial charge in [-0.2, -0.15) is 0 Å². The van der Waals surface area contributed by atoms with Gasteiger partial charge in [-0.25, -0.2) is 29.1 Å². The third-order valence-electron chi connectivity index (χ3n) is 18.3. The van der Waals surface area contributed by atoms with Crippen molar-refractivity contribution in [3.63, 3.8) is 0 Å². The van der Waals surface area contributed by atoms with Crippen molar-refractivity contribution < 1.29 is 85.3 Å². The molecule has 0 radical (unpaired) electrons. The monoisotopic (exact) mass is 1650 g/mol. The van der Waals surface area contributed by atoms with Gasteiger partial charge in [-0.15, -0.1) is 0 Å². The number of hydrogen-bond donors (Lipinski definition) is 4. The topological polar surface area (TPSA) is 303 Å². The Morgan fingerprint density at radius 3 is 0.733 bits per heavy atom. The van der Waals surface area contributed by atoms with Crippen LogP contribution in [0.1, 0.15) is 111 Å². The number of rotatable bonds is 35. The fraction of sp³-hybridized carbons (Fsp3) is 0.170. The number of nitrogens with zero attached hydrogens (tertiary/aromatic N) is 2. The first-order valence-corrected chi connectivity index (χ1v) is 40.7. The largest absolute Gasteiger partial charge is 0.463 e. The third kappa shape index (κ3) is 21.8. The van der Waals surface area contributed by atoms with Gasteiger partial charge in [0.25, 0.3) is 23.6 Å². The van der Waals surface area contributed by atoms with E-state index in [2.05, 4.69) is 21.3 Å². The summed E-state index contributed by atoms with van der Waals surface area (Å²) in [7, 11) is 2.08. The second-order valence-electron chi connectivity index (χ2n) is 27.4. The van der Waals surface area contributed by atoms with Gasteiger partial charge in [0.05, 0.1) is 71.4 Å². The molecule has 24 nitrogen and oxygen atoms in total. The van der Waals surface area contributed by atoms with Gasteiger partial charge in [-0.05, 0) is 112 Å². The van der Waals surface area contributed by atoms with E-state index in [1.807, 2.05) is 133 Å². The Labute approximate surface area is 696 Å². The average molecular weight is 1650 g/mol. The van der Waals surface area contributed by atoms with E-state index in [4.69, 9.17) is 56.9 Å². The minimum atomic E-state index is -1.91. The van der Waals surface area contributed by atoms with Crippen LogP contribution in [0.25, 0.3) is 33.4 Å². The lowest BCUT2D eigenvalue weighted by atomic mass is 9.93. The zero-order chi connectivity index (χ0) is 84.6. The second-order valence-corrected chi connectivity index (χ2v) is 31.0. The minimum absolute atomic E-state index is 0.00141. The maximum Gasteiger partial charge on any atom is 0.340 e. The summed E-state index contributed by atoms with van der Waals surface area (Å²) in [4.78, 5) is 127. The highest BCUT2D eigenvalue weighted by Crippen LogP contribution is 2.53. The quantitative estimate of drug-likeness (QED) is 0.0163. The molecule has 0 spiro atoms. The summed E-state index contributed by atoms with van der Waals surface area (Å²) in [6.45, 7) is 7.00. The number of carbonyl (C=O) groups is 8. The summed E-state index contributed by atoms with van der Waals surface area (Å²) in [5.41, 5.74) is 0.653. The van der Waals surface area contributed by atoms with Crippen LogP contribution in [0.3, 0.4) is 0 Å². The van der Waals surface area contributed by atoms with E-state index in [9.17, 15) is 19.2 Å². The molecule has 2 heterocycles. The summed E-state index contributed by atoms with van der Waals surface area (Å²) in [6.07, 6.45) is -2.69. The van der Waals surface area contributed by atoms with E-state index >= 15 is 19.2 Å². The molecule has 120 heavy (non-hydrogen) atoms. The van der Waals surface area contributed by atoms with E-state index in [1.54, 1.807) is 100 Å². The molecule has 4 atom stereocenters. The van der Waals surface area contributed by atoms with Gasteiger partial charge in [0.2, 0.25) is 0 Å². The smallest absolute Gasteiger partial charge is 0.340 e. The molecule has 0 unspecified atom stereocenters. The Morgan fingerprint density at radius 1 is 0.283 bits per heavy atom. The van der Waals surface area contributed by atoms with Gasteiger partial charge in [-0.3, -0.25) is 19.2 Å². The van der Waals surface area contributed by atoms with Crippen LogP contribution in [0.4, 0.5) is 22.7 Å². The highest BCUT2D eigenvalue weighted by atomic mass is 31.1. The summed E-state index contributed by atoms with van der Waals surface area (Å²) < 4.78 is 59.5. The highest BCUT2D eigenvalue weighted by molar-refractivity contribution is 7.69. The SMILES string of the molecule is COC[C@H](C)OC(=O)c1ccccc1NC(=O)c1cc(-c2cccc(-c3cccc(-c4cc(C(=O)Nc5ccccc5C(=O)O[C@@H](C)COC)nc(C(=O)Nc5ccccc5C(=O)O[C@@H](C)COC)c4)c3OP(c3ccccc3)c3ccccc3)c2OP(c2ccccc2)c2ccccc2)cc(C(=O)Nc2ccccc2C(=O)O[C@@H](C)COC)n1. The number of carbonyl (C=O) groups excluding carboxylic acids is 8. The fourth-order valence-corrected chi connectivity index (χ4v) is 16.4. The summed E-state index contributed by atoms with van der Waals surface area (Å²) >= 11 is 0. The summed E-state index contributed by atoms with van der Waals surface area (Å²) in [6, 6.07) is 80.0. The van der Waals surface area contributed by atoms with Crippen molar-refractivity contribution in [2.45, 2.75) is 52.1 Å². The standard InChI is InChI=1S/C94H86N6O18P2/c1-59(55-109-5)113-91(105)73-39-21-25-47-77(73)97-87(101)81-51-63(52-82(95-81)88(102)98-78-48-26-22-40-74(78)92(106)114-60(2)56-110-6)69-43-29-45-71(85(69)117-119(65-31-13-9-14-32-65)66-33-15-10-16-34-66)72-46-30-44-70(86(72)118-120(67-35-17-11-18-36-67)68-37-19-12-20-38-68)64-53-83(89(103)99-79-49-27-23-41-75(79)93(107)115-61(3)57-111-7)96-84(54-64)90(104)100-80-50-28-24-42-76(80)94(108)116-62(4)58-112-8/h9-54,59-62H,55-58H2,1-8H3,(H,97,101)(H,98,102)(H,99,103)(H,100,104)/t59-,60-,61-,62-/m0/s1. The maximum atomic E-state index is 15.4. The Bertz CT molecular complexity index is 5030. The lowest BCUT2D eigenvalue weighted by Gasteiger charge is -2.27. The summed E-state index contributed by atoms with van der Waals surface area (Å²) in [5.74, 6) is -6.14. The molecular formula is C94H86N6O18P2. The van der Waals surface area contributed by atoms with E-state index in [-0.39, 0.29) is 117 Å². The lowest BCUT2D eigenvalue weighted by Crippen LogP contribution is -2.23. The first-order chi connectivity index (χ1) is 58.3. The van der Waals surface area contributed by atoms with Crippen LogP contribution in [0.15, 0.2) is 279 Å². The number of methoxy groups -OCH3 is 4. The van der Waals surface area contributed by atoms with Crippen LogP contribution in [0.2, 0.25) is 0 Å². The number of benzene rings is 10. The molecule has 12 rings (SSSR count). The number of para-hydroxylation sites is 6. The lowest BCUT2D eigenvalue weighted by molar-refractivity contribution is 0.0114. The molecule has 12 aromatic rings.